The van der Waals surface area contributed by atoms with Gasteiger partial charge in [-0.25, -0.2) is 4.98 Å². The van der Waals surface area contributed by atoms with E-state index in [0.717, 1.165) is 18.8 Å². The third-order valence-corrected chi connectivity index (χ3v) is 5.20. The zero-order valence-electron chi connectivity index (χ0n) is 15.6. The number of hydrogen-bond donors (Lipinski definition) is 1. The van der Waals surface area contributed by atoms with Gasteiger partial charge in [-0.3, -0.25) is 4.79 Å². The van der Waals surface area contributed by atoms with E-state index >= 15 is 0 Å². The second-order valence-corrected chi connectivity index (χ2v) is 6.97. The van der Waals surface area contributed by atoms with Crippen LogP contribution in [-0.2, 0) is 0 Å². The van der Waals surface area contributed by atoms with Crippen molar-refractivity contribution in [1.29, 1.82) is 0 Å². The van der Waals surface area contributed by atoms with Gasteiger partial charge in [0.15, 0.2) is 11.5 Å². The molecule has 2 aliphatic rings. The zero-order valence-corrected chi connectivity index (χ0v) is 15.6. The summed E-state index contributed by atoms with van der Waals surface area (Å²) in [5.74, 6) is 2.13. The Balaban J connectivity index is 1.45. The van der Waals surface area contributed by atoms with Crippen molar-refractivity contribution in [2.45, 2.75) is 38.6 Å². The fourth-order valence-electron chi connectivity index (χ4n) is 3.74. The summed E-state index contributed by atoms with van der Waals surface area (Å²) < 4.78 is 11.1. The standard InChI is InChI=1S/C21H25N3O3/c1-2-17-5-3-4-10-24(17)20-9-6-15(14-22-20)21(25)23-16-7-8-18-19(13-16)27-12-11-26-18/h6-9,13-14,17H,2-5,10-12H2,1H3,(H,23,25). The SMILES string of the molecule is CCC1CCCCN1c1ccc(C(=O)Nc2ccc3c(c2)OCCO3)cn1. The molecule has 1 aromatic heterocycles. The van der Waals surface area contributed by atoms with Crippen LogP contribution in [0, 0.1) is 0 Å². The number of carbonyl (C=O) groups excluding carboxylic acids is 1. The highest BCUT2D eigenvalue weighted by Crippen LogP contribution is 2.32. The summed E-state index contributed by atoms with van der Waals surface area (Å²) in [5, 5.41) is 2.90. The molecule has 1 aromatic carbocycles. The highest BCUT2D eigenvalue weighted by atomic mass is 16.6. The van der Waals surface area contributed by atoms with E-state index in [1.54, 1.807) is 12.3 Å². The van der Waals surface area contributed by atoms with Gasteiger partial charge in [0, 0.05) is 30.5 Å². The summed E-state index contributed by atoms with van der Waals surface area (Å²) in [6.07, 6.45) is 6.47. The Bertz CT molecular complexity index is 807. The van der Waals surface area contributed by atoms with Gasteiger partial charge in [0.1, 0.15) is 19.0 Å². The predicted molar refractivity (Wildman–Crippen MR) is 105 cm³/mol. The zero-order chi connectivity index (χ0) is 18.6. The van der Waals surface area contributed by atoms with Crippen LogP contribution in [0.1, 0.15) is 43.0 Å². The maximum atomic E-state index is 12.6. The van der Waals surface area contributed by atoms with Gasteiger partial charge in [-0.15, -0.1) is 0 Å². The van der Waals surface area contributed by atoms with E-state index in [9.17, 15) is 4.79 Å². The van der Waals surface area contributed by atoms with Crippen molar-refractivity contribution in [2.75, 3.05) is 30.0 Å². The first-order valence-electron chi connectivity index (χ1n) is 9.68. The van der Waals surface area contributed by atoms with Crippen LogP contribution in [0.25, 0.3) is 0 Å². The first kappa shape index (κ1) is 17.6. The van der Waals surface area contributed by atoms with Crippen molar-refractivity contribution in [3.05, 3.63) is 42.1 Å². The molecule has 142 valence electrons. The lowest BCUT2D eigenvalue weighted by molar-refractivity contribution is 0.102. The quantitative estimate of drug-likeness (QED) is 0.889. The van der Waals surface area contributed by atoms with Crippen molar-refractivity contribution in [3.8, 4) is 11.5 Å². The van der Waals surface area contributed by atoms with Gasteiger partial charge in [-0.1, -0.05) is 6.92 Å². The summed E-state index contributed by atoms with van der Waals surface area (Å²) in [6.45, 7) is 4.32. The van der Waals surface area contributed by atoms with Crippen molar-refractivity contribution in [1.82, 2.24) is 4.98 Å². The molecule has 2 aromatic rings. The molecule has 1 fully saturated rings. The smallest absolute Gasteiger partial charge is 0.257 e. The number of nitrogens with zero attached hydrogens (tertiary/aromatic N) is 2. The van der Waals surface area contributed by atoms with Crippen LogP contribution < -0.4 is 19.7 Å². The minimum atomic E-state index is -0.184. The van der Waals surface area contributed by atoms with E-state index in [1.165, 1.54) is 19.3 Å². The van der Waals surface area contributed by atoms with Crippen molar-refractivity contribution < 1.29 is 14.3 Å². The largest absolute Gasteiger partial charge is 0.486 e. The molecule has 0 radical (unpaired) electrons. The van der Waals surface area contributed by atoms with Crippen molar-refractivity contribution in [2.24, 2.45) is 0 Å². The van der Waals surface area contributed by atoms with Crippen LogP contribution in [-0.4, -0.2) is 36.7 Å². The van der Waals surface area contributed by atoms with Gasteiger partial charge >= 0.3 is 0 Å². The first-order valence-corrected chi connectivity index (χ1v) is 9.68. The van der Waals surface area contributed by atoms with Gasteiger partial charge in [-0.2, -0.15) is 0 Å². The third kappa shape index (κ3) is 3.84. The molecule has 1 unspecified atom stereocenters. The van der Waals surface area contributed by atoms with Crippen LogP contribution in [0.2, 0.25) is 0 Å². The molecule has 0 spiro atoms. The Morgan fingerprint density at radius 2 is 2.04 bits per heavy atom. The third-order valence-electron chi connectivity index (χ3n) is 5.20. The summed E-state index contributed by atoms with van der Waals surface area (Å²) >= 11 is 0. The molecule has 0 aliphatic carbocycles. The molecule has 4 rings (SSSR count). The van der Waals surface area contributed by atoms with Crippen molar-refractivity contribution in [3.63, 3.8) is 0 Å². The Morgan fingerprint density at radius 3 is 2.81 bits per heavy atom. The highest BCUT2D eigenvalue weighted by Gasteiger charge is 2.22. The minimum absolute atomic E-state index is 0.184. The monoisotopic (exact) mass is 367 g/mol. The number of benzene rings is 1. The lowest BCUT2D eigenvalue weighted by Crippen LogP contribution is -2.39. The Morgan fingerprint density at radius 1 is 1.19 bits per heavy atom. The van der Waals surface area contributed by atoms with E-state index < -0.39 is 0 Å². The molecule has 3 heterocycles. The number of anilines is 2. The van der Waals surface area contributed by atoms with Gasteiger partial charge in [-0.05, 0) is 49.9 Å². The fraction of sp³-hybridized carbons (Fsp3) is 0.429. The van der Waals surface area contributed by atoms with E-state index in [1.807, 2.05) is 24.3 Å². The molecule has 0 saturated carbocycles. The number of ether oxygens (including phenoxy) is 2. The minimum Gasteiger partial charge on any atom is -0.486 e. The Hall–Kier alpha value is -2.76. The summed E-state index contributed by atoms with van der Waals surface area (Å²) in [4.78, 5) is 19.5. The number of rotatable bonds is 4. The predicted octanol–water partition coefficient (Wildman–Crippen LogP) is 3.87. The number of nitrogens with one attached hydrogen (secondary N) is 1. The topological polar surface area (TPSA) is 63.7 Å². The summed E-state index contributed by atoms with van der Waals surface area (Å²) in [7, 11) is 0. The molecular weight excluding hydrogens is 342 g/mol. The molecule has 2 aliphatic heterocycles. The second-order valence-electron chi connectivity index (χ2n) is 6.97. The number of piperidine rings is 1. The van der Waals surface area contributed by atoms with Crippen LogP contribution in [0.15, 0.2) is 36.5 Å². The maximum Gasteiger partial charge on any atom is 0.257 e. The number of pyridine rings is 1. The van der Waals surface area contributed by atoms with Crippen molar-refractivity contribution >= 4 is 17.4 Å². The normalized spacial score (nSPS) is 18.9. The first-order chi connectivity index (χ1) is 13.2. The van der Waals surface area contributed by atoms with E-state index in [0.29, 0.717) is 42.0 Å². The lowest BCUT2D eigenvalue weighted by Gasteiger charge is -2.36. The fourth-order valence-corrected chi connectivity index (χ4v) is 3.74. The summed E-state index contributed by atoms with van der Waals surface area (Å²) in [6, 6.07) is 9.75. The average molecular weight is 367 g/mol. The van der Waals surface area contributed by atoms with E-state index in [2.05, 4.69) is 22.1 Å². The Kier molecular flexibility index (Phi) is 5.14. The molecule has 1 amide bonds. The van der Waals surface area contributed by atoms with Gasteiger partial charge in [0.2, 0.25) is 0 Å². The molecule has 27 heavy (non-hydrogen) atoms. The highest BCUT2D eigenvalue weighted by molar-refractivity contribution is 6.04. The van der Waals surface area contributed by atoms with Gasteiger partial charge in [0.05, 0.1) is 5.56 Å². The molecule has 6 heteroatoms. The van der Waals surface area contributed by atoms with Gasteiger partial charge in [0.25, 0.3) is 5.91 Å². The molecule has 6 nitrogen and oxygen atoms in total. The number of amides is 1. The number of aromatic nitrogens is 1. The number of hydrogen-bond acceptors (Lipinski definition) is 5. The van der Waals surface area contributed by atoms with Crippen LogP contribution in [0.5, 0.6) is 11.5 Å². The number of fused-ring (bicyclic) bond motifs is 1. The van der Waals surface area contributed by atoms with Gasteiger partial charge < -0.3 is 19.7 Å². The van der Waals surface area contributed by atoms with Crippen LogP contribution in [0.3, 0.4) is 0 Å². The maximum absolute atomic E-state index is 12.6. The lowest BCUT2D eigenvalue weighted by atomic mass is 10.00. The molecule has 1 saturated heterocycles. The second kappa shape index (κ2) is 7.86. The van der Waals surface area contributed by atoms with E-state index in [-0.39, 0.29) is 5.91 Å². The number of carbonyl (C=O) groups is 1. The molecule has 1 N–H and O–H groups in total. The van der Waals surface area contributed by atoms with Crippen LogP contribution in [0.4, 0.5) is 11.5 Å². The van der Waals surface area contributed by atoms with Crippen LogP contribution >= 0.6 is 0 Å². The Labute approximate surface area is 159 Å². The molecule has 0 bridgehead atoms. The molecular formula is C21H25N3O3. The average Bonchev–Trinajstić information content (AvgIpc) is 2.73. The van der Waals surface area contributed by atoms with E-state index in [4.69, 9.17) is 9.47 Å². The summed E-state index contributed by atoms with van der Waals surface area (Å²) in [5.41, 5.74) is 1.22. The molecule has 1 atom stereocenters.